The minimum Gasteiger partial charge on any atom is -0.302 e. The van der Waals surface area contributed by atoms with Crippen LogP contribution in [0, 0.1) is 0 Å². The summed E-state index contributed by atoms with van der Waals surface area (Å²) >= 11 is 6.07. The number of aliphatic imine (C=N–C) groups is 1. The van der Waals surface area contributed by atoms with Crippen molar-refractivity contribution in [3.8, 4) is 0 Å². The summed E-state index contributed by atoms with van der Waals surface area (Å²) in [5.41, 5.74) is 2.35. The average molecular weight is 301 g/mol. The lowest BCUT2D eigenvalue weighted by Gasteiger charge is -2.08. The topological polar surface area (TPSA) is 32.7 Å². The van der Waals surface area contributed by atoms with Crippen molar-refractivity contribution in [2.45, 2.75) is 0 Å². The molecule has 2 aromatic rings. The fourth-order valence-electron chi connectivity index (χ4n) is 1.84. The van der Waals surface area contributed by atoms with E-state index >= 15 is 0 Å². The second kappa shape index (κ2) is 7.16. The second-order valence-corrected chi connectivity index (χ2v) is 5.39. The fourth-order valence-corrected chi connectivity index (χ4v) is 2.02. The van der Waals surface area contributed by atoms with Crippen LogP contribution >= 0.6 is 11.6 Å². The zero-order valence-corrected chi connectivity index (χ0v) is 12.8. The van der Waals surface area contributed by atoms with E-state index in [1.807, 2.05) is 55.4 Å². The van der Waals surface area contributed by atoms with Gasteiger partial charge < -0.3 is 4.90 Å². The number of nitrogens with zero attached hydrogens (tertiary/aromatic N) is 2. The summed E-state index contributed by atoms with van der Waals surface area (Å²) in [6, 6.07) is 14.8. The minimum atomic E-state index is 0.0987. The quantitative estimate of drug-likeness (QED) is 0.621. The minimum absolute atomic E-state index is 0.0987. The molecule has 2 rings (SSSR count). The molecule has 0 N–H and O–H groups in total. The first-order valence-corrected chi connectivity index (χ1v) is 7.00. The molecule has 0 saturated heterocycles. The van der Waals surface area contributed by atoms with Crippen molar-refractivity contribution in [1.82, 2.24) is 4.90 Å². The smallest absolute Gasteiger partial charge is 0.176 e. The van der Waals surface area contributed by atoms with E-state index < -0.39 is 0 Å². The molecule has 3 nitrogen and oxygen atoms in total. The maximum Gasteiger partial charge on any atom is 0.176 e. The predicted octanol–water partition coefficient (Wildman–Crippen LogP) is 3.83. The molecule has 0 aliphatic heterocycles. The van der Waals surface area contributed by atoms with Gasteiger partial charge in [0, 0.05) is 22.4 Å². The van der Waals surface area contributed by atoms with Crippen LogP contribution in [-0.2, 0) is 0 Å². The summed E-state index contributed by atoms with van der Waals surface area (Å²) < 4.78 is 0. The molecule has 0 aromatic heterocycles. The Labute approximate surface area is 129 Å². The summed E-state index contributed by atoms with van der Waals surface area (Å²) in [4.78, 5) is 18.1. The number of carbonyl (C=O) groups excluding carboxylic acids is 1. The molecule has 0 unspecified atom stereocenters. The van der Waals surface area contributed by atoms with Crippen molar-refractivity contribution in [3.63, 3.8) is 0 Å². The predicted molar refractivity (Wildman–Crippen MR) is 88.0 cm³/mol. The molecule has 0 radical (unpaired) electrons. The van der Waals surface area contributed by atoms with Crippen LogP contribution in [0.4, 0.5) is 5.69 Å². The lowest BCUT2D eigenvalue weighted by molar-refractivity contribution is 0.0958. The third kappa shape index (κ3) is 4.52. The van der Waals surface area contributed by atoms with Crippen LogP contribution < -0.4 is 0 Å². The molecule has 0 amide bonds. The Balaban J connectivity index is 2.09. The van der Waals surface area contributed by atoms with E-state index in [1.165, 1.54) is 0 Å². The second-order valence-electron chi connectivity index (χ2n) is 4.99. The third-order valence-electron chi connectivity index (χ3n) is 2.91. The van der Waals surface area contributed by atoms with Gasteiger partial charge in [0.05, 0.1) is 12.2 Å². The number of halogens is 1. The Morgan fingerprint density at radius 3 is 2.43 bits per heavy atom. The zero-order chi connectivity index (χ0) is 15.2. The van der Waals surface area contributed by atoms with Crippen molar-refractivity contribution >= 4 is 29.3 Å². The van der Waals surface area contributed by atoms with E-state index in [9.17, 15) is 4.79 Å². The number of ketones is 1. The van der Waals surface area contributed by atoms with Gasteiger partial charge >= 0.3 is 0 Å². The third-order valence-corrected chi connectivity index (χ3v) is 3.25. The summed E-state index contributed by atoms with van der Waals surface area (Å²) in [5, 5.41) is 0.666. The molecule has 0 heterocycles. The molecule has 0 aliphatic carbocycles. The maximum atomic E-state index is 11.9. The highest BCUT2D eigenvalue weighted by atomic mass is 35.5. The van der Waals surface area contributed by atoms with E-state index in [-0.39, 0.29) is 5.78 Å². The Morgan fingerprint density at radius 2 is 1.81 bits per heavy atom. The van der Waals surface area contributed by atoms with Crippen molar-refractivity contribution in [2.24, 2.45) is 4.99 Å². The van der Waals surface area contributed by atoms with E-state index in [4.69, 9.17) is 11.6 Å². The molecule has 0 saturated carbocycles. The molecule has 4 heteroatoms. The maximum absolute atomic E-state index is 11.9. The molecule has 108 valence electrons. The van der Waals surface area contributed by atoms with Gasteiger partial charge in [-0.3, -0.25) is 9.79 Å². The van der Waals surface area contributed by atoms with Gasteiger partial charge in [-0.25, -0.2) is 0 Å². The molecule has 0 bridgehead atoms. The number of carbonyl (C=O) groups is 1. The molecular formula is C17H17ClN2O. The SMILES string of the molecule is CN(C)CC(=O)c1ccc(N=Cc2ccccc2Cl)cc1. The van der Waals surface area contributed by atoms with Gasteiger partial charge in [0.2, 0.25) is 0 Å². The number of hydrogen-bond donors (Lipinski definition) is 0. The van der Waals surface area contributed by atoms with E-state index in [1.54, 1.807) is 18.3 Å². The molecular weight excluding hydrogens is 284 g/mol. The van der Waals surface area contributed by atoms with Gasteiger partial charge in [-0.2, -0.15) is 0 Å². The number of hydrogen-bond acceptors (Lipinski definition) is 3. The van der Waals surface area contributed by atoms with Gasteiger partial charge in [0.15, 0.2) is 5.78 Å². The summed E-state index contributed by atoms with van der Waals surface area (Å²) in [5.74, 6) is 0.0987. The van der Waals surface area contributed by atoms with Crippen LogP contribution in [0.3, 0.4) is 0 Å². The highest BCUT2D eigenvalue weighted by Gasteiger charge is 2.06. The van der Waals surface area contributed by atoms with Crippen LogP contribution in [0.15, 0.2) is 53.5 Å². The van der Waals surface area contributed by atoms with Gasteiger partial charge in [0.25, 0.3) is 0 Å². The fraction of sp³-hybridized carbons (Fsp3) is 0.176. The molecule has 21 heavy (non-hydrogen) atoms. The number of likely N-dealkylation sites (N-methyl/N-ethyl adjacent to an activating group) is 1. The van der Waals surface area contributed by atoms with Crippen molar-refractivity contribution in [2.75, 3.05) is 20.6 Å². The largest absolute Gasteiger partial charge is 0.302 e. The standard InChI is InChI=1S/C17H17ClN2O/c1-20(2)12-17(21)13-7-9-15(10-8-13)19-11-14-5-3-4-6-16(14)18/h3-11H,12H2,1-2H3. The van der Waals surface area contributed by atoms with E-state index in [2.05, 4.69) is 4.99 Å². The first kappa shape index (κ1) is 15.4. The van der Waals surface area contributed by atoms with Gasteiger partial charge in [0.1, 0.15) is 0 Å². The number of rotatable bonds is 5. The van der Waals surface area contributed by atoms with Crippen LogP contribution in [0.1, 0.15) is 15.9 Å². The summed E-state index contributed by atoms with van der Waals surface area (Å²) in [6.45, 7) is 0.405. The van der Waals surface area contributed by atoms with Crippen molar-refractivity contribution in [3.05, 3.63) is 64.7 Å². The lowest BCUT2D eigenvalue weighted by atomic mass is 10.1. The highest BCUT2D eigenvalue weighted by molar-refractivity contribution is 6.33. The Bertz CT molecular complexity index is 648. The van der Waals surface area contributed by atoms with Crippen LogP contribution in [0.5, 0.6) is 0 Å². The number of benzene rings is 2. The summed E-state index contributed by atoms with van der Waals surface area (Å²) in [6.07, 6.45) is 1.72. The highest BCUT2D eigenvalue weighted by Crippen LogP contribution is 2.16. The monoisotopic (exact) mass is 300 g/mol. The first-order chi connectivity index (χ1) is 10.1. The van der Waals surface area contributed by atoms with Crippen LogP contribution in [0.25, 0.3) is 0 Å². The number of Topliss-reactive ketones (excluding diaryl/α,β-unsaturated/α-hetero) is 1. The van der Waals surface area contributed by atoms with Gasteiger partial charge in [-0.15, -0.1) is 0 Å². The zero-order valence-electron chi connectivity index (χ0n) is 12.1. The molecule has 0 fully saturated rings. The molecule has 2 aromatic carbocycles. The van der Waals surface area contributed by atoms with Crippen LogP contribution in [-0.4, -0.2) is 37.5 Å². The Kier molecular flexibility index (Phi) is 5.26. The van der Waals surface area contributed by atoms with Crippen LogP contribution in [0.2, 0.25) is 5.02 Å². The summed E-state index contributed by atoms with van der Waals surface area (Å²) in [7, 11) is 3.75. The molecule has 0 atom stereocenters. The molecule has 0 spiro atoms. The first-order valence-electron chi connectivity index (χ1n) is 6.63. The Morgan fingerprint density at radius 1 is 1.14 bits per heavy atom. The Hall–Kier alpha value is -1.97. The normalized spacial score (nSPS) is 11.2. The molecule has 0 aliphatic rings. The van der Waals surface area contributed by atoms with E-state index in [0.717, 1.165) is 11.3 Å². The van der Waals surface area contributed by atoms with Crippen molar-refractivity contribution < 1.29 is 4.79 Å². The van der Waals surface area contributed by atoms with Crippen molar-refractivity contribution in [1.29, 1.82) is 0 Å². The van der Waals surface area contributed by atoms with Gasteiger partial charge in [-0.1, -0.05) is 29.8 Å². The van der Waals surface area contributed by atoms with Gasteiger partial charge in [-0.05, 0) is 44.4 Å². The van der Waals surface area contributed by atoms with E-state index in [0.29, 0.717) is 17.1 Å². The lowest BCUT2D eigenvalue weighted by Crippen LogP contribution is -2.21. The average Bonchev–Trinajstić information content (AvgIpc) is 2.46.